The molecule has 1 atom stereocenters. The number of likely N-dealkylation sites (N-methyl/N-ethyl adjacent to an activating group) is 1. The normalized spacial score (nSPS) is 13.3. The zero-order chi connectivity index (χ0) is 13.5. The molecule has 0 fully saturated rings. The number of nitrogens with zero attached hydrogens (tertiary/aromatic N) is 1. The zero-order valence-corrected chi connectivity index (χ0v) is 12.9. The molecule has 0 bridgehead atoms. The van der Waals surface area contributed by atoms with E-state index in [-0.39, 0.29) is 5.38 Å². The van der Waals surface area contributed by atoms with Crippen molar-refractivity contribution in [3.05, 3.63) is 35.4 Å². The van der Waals surface area contributed by atoms with Crippen LogP contribution in [0, 0.1) is 5.92 Å². The fourth-order valence-electron chi connectivity index (χ4n) is 2.15. The number of hydrogen-bond donors (Lipinski definition) is 0. The molecule has 18 heavy (non-hydrogen) atoms. The summed E-state index contributed by atoms with van der Waals surface area (Å²) in [5.74, 6) is 0.707. The Bertz CT molecular complexity index is 327. The van der Waals surface area contributed by atoms with E-state index in [9.17, 15) is 0 Å². The maximum absolute atomic E-state index is 6.47. The van der Waals surface area contributed by atoms with Gasteiger partial charge in [0.2, 0.25) is 0 Å². The van der Waals surface area contributed by atoms with Crippen LogP contribution in [0.25, 0.3) is 0 Å². The summed E-state index contributed by atoms with van der Waals surface area (Å²) >= 11 is 6.47. The Hall–Kier alpha value is -0.530. The van der Waals surface area contributed by atoms with Crippen molar-refractivity contribution < 1.29 is 0 Å². The Morgan fingerprint density at radius 3 is 2.06 bits per heavy atom. The molecule has 0 N–H and O–H groups in total. The predicted octanol–water partition coefficient (Wildman–Crippen LogP) is 4.51. The first-order valence-electron chi connectivity index (χ1n) is 7.02. The summed E-state index contributed by atoms with van der Waals surface area (Å²) in [7, 11) is 0. The summed E-state index contributed by atoms with van der Waals surface area (Å²) in [5, 5.41) is 0.0954. The highest BCUT2D eigenvalue weighted by Crippen LogP contribution is 2.22. The molecular formula is C16H26ClN. The molecule has 0 aromatic heterocycles. The second kappa shape index (κ2) is 7.81. The molecule has 0 aliphatic carbocycles. The quantitative estimate of drug-likeness (QED) is 0.657. The van der Waals surface area contributed by atoms with Crippen molar-refractivity contribution in [2.45, 2.75) is 39.5 Å². The van der Waals surface area contributed by atoms with Crippen molar-refractivity contribution in [3.8, 4) is 0 Å². The number of halogens is 1. The van der Waals surface area contributed by atoms with E-state index in [2.05, 4.69) is 56.9 Å². The maximum Gasteiger partial charge on any atom is 0.0712 e. The van der Waals surface area contributed by atoms with Crippen LogP contribution in [0.15, 0.2) is 24.3 Å². The van der Waals surface area contributed by atoms with Gasteiger partial charge in [0.25, 0.3) is 0 Å². The van der Waals surface area contributed by atoms with Gasteiger partial charge in [-0.25, -0.2) is 0 Å². The molecule has 0 heterocycles. The minimum absolute atomic E-state index is 0.0954. The van der Waals surface area contributed by atoms with E-state index in [4.69, 9.17) is 11.6 Å². The molecule has 1 rings (SSSR count). The van der Waals surface area contributed by atoms with Crippen molar-refractivity contribution in [2.24, 2.45) is 5.92 Å². The van der Waals surface area contributed by atoms with Gasteiger partial charge in [-0.1, -0.05) is 52.0 Å². The van der Waals surface area contributed by atoms with E-state index < -0.39 is 0 Å². The number of benzene rings is 1. The molecular weight excluding hydrogens is 242 g/mol. The molecule has 102 valence electrons. The van der Waals surface area contributed by atoms with E-state index in [1.54, 1.807) is 0 Å². The van der Waals surface area contributed by atoms with Crippen LogP contribution >= 0.6 is 11.6 Å². The van der Waals surface area contributed by atoms with E-state index in [0.29, 0.717) is 5.92 Å². The lowest BCUT2D eigenvalue weighted by Gasteiger charge is -2.21. The molecule has 0 spiro atoms. The number of rotatable bonds is 7. The van der Waals surface area contributed by atoms with E-state index in [1.165, 1.54) is 11.1 Å². The summed E-state index contributed by atoms with van der Waals surface area (Å²) < 4.78 is 0. The lowest BCUT2D eigenvalue weighted by atomic mass is 10.0. The Kier molecular flexibility index (Phi) is 6.73. The third kappa shape index (κ3) is 4.99. The fourth-order valence-corrected chi connectivity index (χ4v) is 2.49. The van der Waals surface area contributed by atoms with Gasteiger partial charge < -0.3 is 4.90 Å². The smallest absolute Gasteiger partial charge is 0.0712 e. The van der Waals surface area contributed by atoms with Crippen LogP contribution < -0.4 is 0 Å². The molecule has 0 amide bonds. The van der Waals surface area contributed by atoms with Gasteiger partial charge in [0.1, 0.15) is 0 Å². The molecule has 0 saturated heterocycles. The number of hydrogen-bond acceptors (Lipinski definition) is 1. The van der Waals surface area contributed by atoms with Gasteiger partial charge in [-0.2, -0.15) is 0 Å². The van der Waals surface area contributed by atoms with Crippen molar-refractivity contribution in [1.82, 2.24) is 4.90 Å². The summed E-state index contributed by atoms with van der Waals surface area (Å²) in [6, 6.07) is 8.79. The van der Waals surface area contributed by atoms with Gasteiger partial charge in [-0.3, -0.25) is 0 Å². The third-order valence-corrected chi connectivity index (χ3v) is 3.69. The predicted molar refractivity (Wildman–Crippen MR) is 81.4 cm³/mol. The highest BCUT2D eigenvalue weighted by molar-refractivity contribution is 6.21. The van der Waals surface area contributed by atoms with Gasteiger partial charge in [-0.05, 0) is 36.6 Å². The Labute approximate surface area is 117 Å². The van der Waals surface area contributed by atoms with Crippen LogP contribution in [0.1, 0.15) is 44.2 Å². The molecule has 1 aromatic rings. The van der Waals surface area contributed by atoms with Crippen LogP contribution in [0.5, 0.6) is 0 Å². The molecule has 0 saturated carbocycles. The van der Waals surface area contributed by atoms with Crippen molar-refractivity contribution in [1.29, 1.82) is 0 Å². The van der Waals surface area contributed by atoms with Crippen LogP contribution in [-0.4, -0.2) is 24.5 Å². The summed E-state index contributed by atoms with van der Waals surface area (Å²) in [6.07, 6.45) is 1.14. The summed E-state index contributed by atoms with van der Waals surface area (Å²) in [4.78, 5) is 2.36. The van der Waals surface area contributed by atoms with E-state index in [0.717, 1.165) is 26.1 Å². The second-order valence-electron chi connectivity index (χ2n) is 5.29. The van der Waals surface area contributed by atoms with Crippen LogP contribution in [0.4, 0.5) is 0 Å². The summed E-state index contributed by atoms with van der Waals surface area (Å²) in [5.41, 5.74) is 2.64. The average Bonchev–Trinajstić information content (AvgIpc) is 2.35. The number of alkyl halides is 1. The van der Waals surface area contributed by atoms with E-state index in [1.807, 2.05) is 0 Å². The lowest BCUT2D eigenvalue weighted by Crippen LogP contribution is -2.26. The monoisotopic (exact) mass is 267 g/mol. The van der Waals surface area contributed by atoms with Gasteiger partial charge in [0.05, 0.1) is 5.38 Å². The highest BCUT2D eigenvalue weighted by atomic mass is 35.5. The molecule has 0 aliphatic rings. The Morgan fingerprint density at radius 1 is 1.06 bits per heavy atom. The summed E-state index contributed by atoms with van der Waals surface area (Å²) in [6.45, 7) is 11.9. The van der Waals surface area contributed by atoms with Gasteiger partial charge in [0.15, 0.2) is 0 Å². The van der Waals surface area contributed by atoms with Gasteiger partial charge in [-0.15, -0.1) is 11.6 Å². The second-order valence-corrected chi connectivity index (χ2v) is 5.82. The van der Waals surface area contributed by atoms with Crippen molar-refractivity contribution >= 4 is 11.6 Å². The van der Waals surface area contributed by atoms with Crippen LogP contribution in [0.2, 0.25) is 0 Å². The largest absolute Gasteiger partial charge is 0.302 e. The molecule has 0 radical (unpaired) electrons. The molecule has 0 aliphatic heterocycles. The SMILES string of the molecule is CCN(CC)CC(Cl)c1ccc(CC(C)C)cc1. The van der Waals surface area contributed by atoms with E-state index >= 15 is 0 Å². The molecule has 1 unspecified atom stereocenters. The van der Waals surface area contributed by atoms with Crippen LogP contribution in [-0.2, 0) is 6.42 Å². The Morgan fingerprint density at radius 2 is 1.61 bits per heavy atom. The minimum atomic E-state index is 0.0954. The fraction of sp³-hybridized carbons (Fsp3) is 0.625. The van der Waals surface area contributed by atoms with Gasteiger partial charge >= 0.3 is 0 Å². The van der Waals surface area contributed by atoms with Crippen molar-refractivity contribution in [3.63, 3.8) is 0 Å². The maximum atomic E-state index is 6.47. The third-order valence-electron chi connectivity index (χ3n) is 3.30. The average molecular weight is 268 g/mol. The highest BCUT2D eigenvalue weighted by Gasteiger charge is 2.11. The molecule has 2 heteroatoms. The zero-order valence-electron chi connectivity index (χ0n) is 12.1. The minimum Gasteiger partial charge on any atom is -0.302 e. The van der Waals surface area contributed by atoms with Crippen molar-refractivity contribution in [2.75, 3.05) is 19.6 Å². The van der Waals surface area contributed by atoms with Gasteiger partial charge in [0, 0.05) is 6.54 Å². The molecule has 1 aromatic carbocycles. The molecule has 1 nitrogen and oxygen atoms in total. The van der Waals surface area contributed by atoms with Crippen LogP contribution in [0.3, 0.4) is 0 Å². The first-order chi connectivity index (χ1) is 8.56. The first-order valence-corrected chi connectivity index (χ1v) is 7.45. The lowest BCUT2D eigenvalue weighted by molar-refractivity contribution is 0.304. The topological polar surface area (TPSA) is 3.24 Å². The Balaban J connectivity index is 2.61. The standard InChI is InChI=1S/C16H26ClN/c1-5-18(6-2)12-16(17)15-9-7-14(8-10-15)11-13(3)4/h7-10,13,16H,5-6,11-12H2,1-4H3. The first kappa shape index (κ1) is 15.5.